The van der Waals surface area contributed by atoms with Crippen LogP contribution in [0.2, 0.25) is 0 Å². The number of fused-ring (bicyclic) bond motifs is 1. The first kappa shape index (κ1) is 23.5. The van der Waals surface area contributed by atoms with Crippen molar-refractivity contribution in [3.8, 4) is 5.88 Å². The van der Waals surface area contributed by atoms with E-state index >= 15 is 0 Å². The largest absolute Gasteiger partial charge is 0.474 e. The lowest BCUT2D eigenvalue weighted by Gasteiger charge is -2.26. The van der Waals surface area contributed by atoms with Crippen molar-refractivity contribution < 1.29 is 13.2 Å². The van der Waals surface area contributed by atoms with E-state index in [-0.39, 0.29) is 23.0 Å². The van der Waals surface area contributed by atoms with Gasteiger partial charge < -0.3 is 15.8 Å². The van der Waals surface area contributed by atoms with Gasteiger partial charge in [-0.3, -0.25) is 0 Å². The van der Waals surface area contributed by atoms with E-state index in [1.165, 1.54) is 18.4 Å². The van der Waals surface area contributed by atoms with E-state index in [0.29, 0.717) is 11.7 Å². The Morgan fingerprint density at radius 2 is 1.82 bits per heavy atom. The molecule has 2 aromatic heterocycles. The number of nitrogens with one attached hydrogen (secondary N) is 1. The van der Waals surface area contributed by atoms with Crippen LogP contribution in [0.3, 0.4) is 0 Å². The normalized spacial score (nSPS) is 19.4. The first-order valence-electron chi connectivity index (χ1n) is 11.3. The van der Waals surface area contributed by atoms with E-state index in [1.54, 1.807) is 28.8 Å². The Balaban J connectivity index is 1.66. The van der Waals surface area contributed by atoms with Crippen LogP contribution in [0.25, 0.3) is 5.65 Å². The molecule has 0 bridgehead atoms. The fraction of sp³-hybridized carbons (Fsp3) is 0.478. The quantitative estimate of drug-likeness (QED) is 0.541. The number of hydrogen-bond donors (Lipinski definition) is 2. The van der Waals surface area contributed by atoms with Crippen LogP contribution >= 0.6 is 0 Å². The molecule has 10 heteroatoms. The average molecular weight is 473 g/mol. The molecule has 3 aromatic rings. The van der Waals surface area contributed by atoms with E-state index in [0.717, 1.165) is 42.6 Å². The SMILES string of the molecule is CC(C)c1cnn2c(Nc3ccc(S(=O)(=O)N(C)C)cc3)cc(O[C@H]3CC[C@H](N)CC3)nc12. The van der Waals surface area contributed by atoms with Crippen molar-refractivity contribution in [2.24, 2.45) is 5.73 Å². The predicted octanol–water partition coefficient (Wildman–Crippen LogP) is 3.50. The van der Waals surface area contributed by atoms with Crippen LogP contribution in [-0.2, 0) is 10.0 Å². The highest BCUT2D eigenvalue weighted by Crippen LogP contribution is 2.29. The van der Waals surface area contributed by atoms with Gasteiger partial charge in [-0.2, -0.15) is 14.6 Å². The van der Waals surface area contributed by atoms with Gasteiger partial charge in [0.05, 0.1) is 11.1 Å². The number of rotatable bonds is 7. The highest BCUT2D eigenvalue weighted by molar-refractivity contribution is 7.89. The molecule has 9 nitrogen and oxygen atoms in total. The molecule has 0 spiro atoms. The Bertz CT molecular complexity index is 1210. The van der Waals surface area contributed by atoms with Crippen molar-refractivity contribution in [2.45, 2.75) is 62.5 Å². The molecule has 1 aliphatic carbocycles. The molecular weight excluding hydrogens is 440 g/mol. The molecule has 0 atom stereocenters. The summed E-state index contributed by atoms with van der Waals surface area (Å²) in [6, 6.07) is 8.72. The van der Waals surface area contributed by atoms with E-state index in [1.807, 2.05) is 12.3 Å². The second kappa shape index (κ2) is 9.28. The van der Waals surface area contributed by atoms with E-state index in [4.69, 9.17) is 15.5 Å². The van der Waals surface area contributed by atoms with Gasteiger partial charge >= 0.3 is 0 Å². The number of sulfonamides is 1. The number of nitrogens with two attached hydrogens (primary N) is 1. The molecule has 0 radical (unpaired) electrons. The summed E-state index contributed by atoms with van der Waals surface area (Å²) in [7, 11) is -0.456. The van der Waals surface area contributed by atoms with Gasteiger partial charge in [0.1, 0.15) is 11.9 Å². The Hall–Kier alpha value is -2.69. The minimum Gasteiger partial charge on any atom is -0.474 e. The van der Waals surface area contributed by atoms with E-state index in [2.05, 4.69) is 24.3 Å². The zero-order chi connectivity index (χ0) is 23.8. The average Bonchev–Trinajstić information content (AvgIpc) is 3.20. The fourth-order valence-electron chi connectivity index (χ4n) is 3.96. The summed E-state index contributed by atoms with van der Waals surface area (Å²) in [5, 5.41) is 7.87. The van der Waals surface area contributed by atoms with Gasteiger partial charge in [0.15, 0.2) is 5.65 Å². The molecule has 178 valence electrons. The van der Waals surface area contributed by atoms with E-state index < -0.39 is 10.0 Å². The van der Waals surface area contributed by atoms with Crippen LogP contribution in [0, 0.1) is 0 Å². The van der Waals surface area contributed by atoms with Crippen molar-refractivity contribution in [1.82, 2.24) is 18.9 Å². The van der Waals surface area contributed by atoms with Gasteiger partial charge in [-0.1, -0.05) is 13.8 Å². The second-order valence-electron chi connectivity index (χ2n) is 9.06. The minimum atomic E-state index is -3.49. The molecule has 0 unspecified atom stereocenters. The third kappa shape index (κ3) is 4.97. The van der Waals surface area contributed by atoms with Crippen LogP contribution in [0.4, 0.5) is 11.5 Å². The lowest BCUT2D eigenvalue weighted by atomic mass is 9.94. The zero-order valence-electron chi connectivity index (χ0n) is 19.5. The van der Waals surface area contributed by atoms with Crippen molar-refractivity contribution in [3.63, 3.8) is 0 Å². The number of anilines is 2. The molecule has 1 aliphatic rings. The minimum absolute atomic E-state index is 0.0912. The van der Waals surface area contributed by atoms with Crippen LogP contribution < -0.4 is 15.8 Å². The molecular formula is C23H32N6O3S. The molecule has 4 rings (SSSR count). The maximum atomic E-state index is 12.4. The van der Waals surface area contributed by atoms with Crippen LogP contribution in [0.15, 0.2) is 41.4 Å². The summed E-state index contributed by atoms with van der Waals surface area (Å²) >= 11 is 0. The summed E-state index contributed by atoms with van der Waals surface area (Å²) in [6.07, 6.45) is 5.64. The lowest BCUT2D eigenvalue weighted by molar-refractivity contribution is 0.141. The Morgan fingerprint density at radius 1 is 1.15 bits per heavy atom. The van der Waals surface area contributed by atoms with Gasteiger partial charge in [-0.05, 0) is 55.9 Å². The molecule has 2 heterocycles. The van der Waals surface area contributed by atoms with Gasteiger partial charge in [0.2, 0.25) is 15.9 Å². The summed E-state index contributed by atoms with van der Waals surface area (Å²) < 4.78 is 33.9. The number of benzene rings is 1. The van der Waals surface area contributed by atoms with Crippen LogP contribution in [-0.4, -0.2) is 53.6 Å². The number of hydrogen-bond acceptors (Lipinski definition) is 7. The smallest absolute Gasteiger partial charge is 0.242 e. The van der Waals surface area contributed by atoms with Crippen molar-refractivity contribution in [3.05, 3.63) is 42.1 Å². The molecule has 0 amide bonds. The predicted molar refractivity (Wildman–Crippen MR) is 129 cm³/mol. The monoisotopic (exact) mass is 472 g/mol. The fourth-order valence-corrected chi connectivity index (χ4v) is 4.86. The summed E-state index contributed by atoms with van der Waals surface area (Å²) in [6.45, 7) is 4.21. The van der Waals surface area contributed by atoms with Crippen molar-refractivity contribution in [1.29, 1.82) is 0 Å². The second-order valence-corrected chi connectivity index (χ2v) is 11.2. The van der Waals surface area contributed by atoms with Crippen LogP contribution in [0.1, 0.15) is 51.0 Å². The zero-order valence-corrected chi connectivity index (χ0v) is 20.3. The third-order valence-electron chi connectivity index (χ3n) is 6.01. The standard InChI is InChI=1S/C23H32N6O3S/c1-15(2)20-14-25-29-21(26-17-7-11-19(12-8-17)33(30,31)28(3)4)13-22(27-23(20)29)32-18-9-5-16(24)6-10-18/h7-8,11-16,18,26H,5-6,9-10,24H2,1-4H3/t16-,18-. The topological polar surface area (TPSA) is 115 Å². The summed E-state index contributed by atoms with van der Waals surface area (Å²) in [4.78, 5) is 4.99. The molecule has 0 aliphatic heterocycles. The highest BCUT2D eigenvalue weighted by Gasteiger charge is 2.22. The molecule has 1 fully saturated rings. The highest BCUT2D eigenvalue weighted by atomic mass is 32.2. The molecule has 1 aromatic carbocycles. The third-order valence-corrected chi connectivity index (χ3v) is 7.84. The van der Waals surface area contributed by atoms with Crippen LogP contribution in [0.5, 0.6) is 5.88 Å². The lowest BCUT2D eigenvalue weighted by Crippen LogP contribution is -2.31. The summed E-state index contributed by atoms with van der Waals surface area (Å²) in [5.41, 5.74) is 8.54. The van der Waals surface area contributed by atoms with Gasteiger partial charge in [0.25, 0.3) is 0 Å². The first-order valence-corrected chi connectivity index (χ1v) is 12.7. The number of ether oxygens (including phenoxy) is 1. The Labute approximate surface area is 195 Å². The van der Waals surface area contributed by atoms with Crippen molar-refractivity contribution in [2.75, 3.05) is 19.4 Å². The first-order chi connectivity index (χ1) is 15.6. The maximum Gasteiger partial charge on any atom is 0.242 e. The van der Waals surface area contributed by atoms with Gasteiger partial charge in [-0.15, -0.1) is 0 Å². The summed E-state index contributed by atoms with van der Waals surface area (Å²) in [5.74, 6) is 1.48. The van der Waals surface area contributed by atoms with Gasteiger partial charge in [0, 0.05) is 37.5 Å². The maximum absolute atomic E-state index is 12.4. The Kier molecular flexibility index (Phi) is 6.60. The van der Waals surface area contributed by atoms with E-state index in [9.17, 15) is 8.42 Å². The molecule has 33 heavy (non-hydrogen) atoms. The van der Waals surface area contributed by atoms with Gasteiger partial charge in [-0.25, -0.2) is 12.7 Å². The number of nitrogens with zero attached hydrogens (tertiary/aromatic N) is 4. The Morgan fingerprint density at radius 3 is 2.42 bits per heavy atom. The molecule has 3 N–H and O–H groups in total. The number of aromatic nitrogens is 3. The van der Waals surface area contributed by atoms with Crippen molar-refractivity contribution >= 4 is 27.2 Å². The molecule has 1 saturated carbocycles. The molecule has 0 saturated heterocycles.